The van der Waals surface area contributed by atoms with Crippen molar-refractivity contribution in [2.45, 2.75) is 37.8 Å². The summed E-state index contributed by atoms with van der Waals surface area (Å²) in [6.45, 7) is 0. The number of hydrogen-bond acceptors (Lipinski definition) is 5. The Labute approximate surface area is 161 Å². The van der Waals surface area contributed by atoms with Crippen LogP contribution in [0.4, 0.5) is 0 Å². The van der Waals surface area contributed by atoms with Gasteiger partial charge in [0.05, 0.1) is 10.2 Å². The number of ether oxygens (including phenoxy) is 1. The minimum atomic E-state index is -0.992. The highest BCUT2D eigenvalue weighted by atomic mass is 32.1. The zero-order chi connectivity index (χ0) is 18.8. The van der Waals surface area contributed by atoms with Crippen LogP contribution in [0.3, 0.4) is 0 Å². The zero-order valence-electron chi connectivity index (χ0n) is 15.1. The molecule has 1 fully saturated rings. The molecule has 0 unspecified atom stereocenters. The van der Waals surface area contributed by atoms with E-state index in [1.54, 1.807) is 46.5 Å². The van der Waals surface area contributed by atoms with Crippen LogP contribution in [0.2, 0.25) is 0 Å². The van der Waals surface area contributed by atoms with Crippen molar-refractivity contribution in [3.05, 3.63) is 53.3 Å². The Morgan fingerprint density at radius 3 is 2.70 bits per heavy atom. The smallest absolute Gasteiger partial charge is 0.356 e. The van der Waals surface area contributed by atoms with E-state index < -0.39 is 12.1 Å². The average molecular weight is 383 g/mol. The predicted octanol–water partition coefficient (Wildman–Crippen LogP) is 3.59. The molecule has 0 aromatic carbocycles. The second kappa shape index (κ2) is 7.52. The molecule has 1 aliphatic rings. The molecule has 1 saturated carbocycles. The van der Waals surface area contributed by atoms with Gasteiger partial charge in [0.25, 0.3) is 5.91 Å². The maximum Gasteiger partial charge on any atom is 0.356 e. The second-order valence-electron chi connectivity index (χ2n) is 6.81. The Balaban J connectivity index is 1.58. The average Bonchev–Trinajstić information content (AvgIpc) is 3.40. The van der Waals surface area contributed by atoms with Crippen LogP contribution in [-0.2, 0) is 16.6 Å². The SMILES string of the molecule is Cn1c(C(=O)O[C@@H](C(=O)NC2CCCC2)c2ccncc2)cc2sccc21. The molecule has 1 atom stereocenters. The van der Waals surface area contributed by atoms with E-state index in [0.29, 0.717) is 11.3 Å². The van der Waals surface area contributed by atoms with Crippen molar-refractivity contribution >= 4 is 33.4 Å². The van der Waals surface area contributed by atoms with Crippen LogP contribution in [0, 0.1) is 0 Å². The monoisotopic (exact) mass is 383 g/mol. The molecule has 0 bridgehead atoms. The zero-order valence-corrected chi connectivity index (χ0v) is 15.9. The first kappa shape index (κ1) is 17.7. The van der Waals surface area contributed by atoms with E-state index in [-0.39, 0.29) is 11.9 Å². The number of thiophene rings is 1. The molecule has 3 aromatic heterocycles. The first-order chi connectivity index (χ1) is 13.1. The van der Waals surface area contributed by atoms with E-state index in [2.05, 4.69) is 10.3 Å². The van der Waals surface area contributed by atoms with Gasteiger partial charge >= 0.3 is 5.97 Å². The van der Waals surface area contributed by atoms with Crippen LogP contribution in [0.25, 0.3) is 10.2 Å². The predicted molar refractivity (Wildman–Crippen MR) is 104 cm³/mol. The summed E-state index contributed by atoms with van der Waals surface area (Å²) in [5, 5.41) is 5.01. The summed E-state index contributed by atoms with van der Waals surface area (Å²) >= 11 is 1.57. The summed E-state index contributed by atoms with van der Waals surface area (Å²) in [7, 11) is 1.83. The van der Waals surface area contributed by atoms with E-state index in [4.69, 9.17) is 4.74 Å². The van der Waals surface area contributed by atoms with Crippen molar-refractivity contribution in [3.8, 4) is 0 Å². The quantitative estimate of drug-likeness (QED) is 0.684. The van der Waals surface area contributed by atoms with Gasteiger partial charge in [-0.05, 0) is 42.5 Å². The summed E-state index contributed by atoms with van der Waals surface area (Å²) < 4.78 is 8.49. The summed E-state index contributed by atoms with van der Waals surface area (Å²) in [5.74, 6) is -0.790. The normalized spacial score (nSPS) is 15.7. The highest BCUT2D eigenvalue weighted by Crippen LogP contribution is 2.27. The molecule has 1 aliphatic carbocycles. The molecule has 3 heterocycles. The number of nitrogens with zero attached hydrogens (tertiary/aromatic N) is 2. The van der Waals surface area contributed by atoms with Crippen LogP contribution >= 0.6 is 11.3 Å². The van der Waals surface area contributed by atoms with Gasteiger partial charge in [-0.2, -0.15) is 0 Å². The Morgan fingerprint density at radius 2 is 2.00 bits per heavy atom. The van der Waals surface area contributed by atoms with Crippen molar-refractivity contribution in [3.63, 3.8) is 0 Å². The number of aryl methyl sites for hydroxylation is 1. The molecule has 4 rings (SSSR count). The summed E-state index contributed by atoms with van der Waals surface area (Å²) in [4.78, 5) is 29.7. The molecule has 6 nitrogen and oxygen atoms in total. The molecule has 140 valence electrons. The summed E-state index contributed by atoms with van der Waals surface area (Å²) in [6, 6.07) is 7.33. The number of esters is 1. The molecule has 0 radical (unpaired) electrons. The number of pyridine rings is 1. The van der Waals surface area contributed by atoms with Crippen molar-refractivity contribution in [1.29, 1.82) is 0 Å². The lowest BCUT2D eigenvalue weighted by molar-refractivity contribution is -0.131. The van der Waals surface area contributed by atoms with Crippen LogP contribution < -0.4 is 5.32 Å². The van der Waals surface area contributed by atoms with Gasteiger partial charge in [0.1, 0.15) is 5.69 Å². The Morgan fingerprint density at radius 1 is 1.26 bits per heavy atom. The molecular weight excluding hydrogens is 362 g/mol. The van der Waals surface area contributed by atoms with E-state index in [9.17, 15) is 9.59 Å². The van der Waals surface area contributed by atoms with Gasteiger partial charge in [-0.15, -0.1) is 11.3 Å². The van der Waals surface area contributed by atoms with E-state index >= 15 is 0 Å². The molecule has 0 spiro atoms. The summed E-state index contributed by atoms with van der Waals surface area (Å²) in [6.07, 6.45) is 6.37. The maximum absolute atomic E-state index is 12.9. The first-order valence-corrected chi connectivity index (χ1v) is 9.95. The van der Waals surface area contributed by atoms with Crippen LogP contribution in [-0.4, -0.2) is 27.5 Å². The van der Waals surface area contributed by atoms with Gasteiger partial charge in [0.2, 0.25) is 6.10 Å². The van der Waals surface area contributed by atoms with Crippen molar-refractivity contribution in [2.24, 2.45) is 7.05 Å². The minimum Gasteiger partial charge on any atom is -0.443 e. The fourth-order valence-electron chi connectivity index (χ4n) is 3.57. The van der Waals surface area contributed by atoms with Gasteiger partial charge in [0.15, 0.2) is 0 Å². The number of hydrogen-bond donors (Lipinski definition) is 1. The molecule has 7 heteroatoms. The van der Waals surface area contributed by atoms with Crippen molar-refractivity contribution in [2.75, 3.05) is 0 Å². The largest absolute Gasteiger partial charge is 0.443 e. The summed E-state index contributed by atoms with van der Waals surface area (Å²) in [5.41, 5.74) is 2.03. The Hall–Kier alpha value is -2.67. The van der Waals surface area contributed by atoms with Crippen molar-refractivity contribution in [1.82, 2.24) is 14.9 Å². The second-order valence-corrected chi connectivity index (χ2v) is 7.76. The third kappa shape index (κ3) is 3.60. The van der Waals surface area contributed by atoms with E-state index in [1.807, 2.05) is 18.5 Å². The number of rotatable bonds is 5. The first-order valence-electron chi connectivity index (χ1n) is 9.07. The van der Waals surface area contributed by atoms with Crippen LogP contribution in [0.15, 0.2) is 42.0 Å². The maximum atomic E-state index is 12.9. The molecule has 0 aliphatic heterocycles. The third-order valence-corrected chi connectivity index (χ3v) is 5.90. The number of carbonyl (C=O) groups excluding carboxylic acids is 2. The number of carbonyl (C=O) groups is 2. The van der Waals surface area contributed by atoms with Gasteiger partial charge in [-0.1, -0.05) is 12.8 Å². The molecule has 0 saturated heterocycles. The lowest BCUT2D eigenvalue weighted by Crippen LogP contribution is -2.38. The Bertz CT molecular complexity index is 957. The van der Waals surface area contributed by atoms with Crippen LogP contribution in [0.1, 0.15) is 47.8 Å². The van der Waals surface area contributed by atoms with E-state index in [0.717, 1.165) is 35.9 Å². The van der Waals surface area contributed by atoms with Gasteiger partial charge in [-0.3, -0.25) is 9.78 Å². The molecule has 1 amide bonds. The molecule has 3 aromatic rings. The highest BCUT2D eigenvalue weighted by Gasteiger charge is 2.29. The van der Waals surface area contributed by atoms with Crippen LogP contribution in [0.5, 0.6) is 0 Å². The van der Waals surface area contributed by atoms with Gasteiger partial charge in [0, 0.05) is 31.0 Å². The van der Waals surface area contributed by atoms with E-state index in [1.165, 1.54) is 0 Å². The van der Waals surface area contributed by atoms with Gasteiger partial charge < -0.3 is 14.6 Å². The number of aromatic nitrogens is 2. The number of amides is 1. The fourth-order valence-corrected chi connectivity index (χ4v) is 4.42. The molecular formula is C20H21N3O3S. The Kier molecular flexibility index (Phi) is 4.94. The fraction of sp³-hybridized carbons (Fsp3) is 0.350. The minimum absolute atomic E-state index is 0.154. The molecule has 1 N–H and O–H groups in total. The van der Waals surface area contributed by atoms with Gasteiger partial charge in [-0.25, -0.2) is 4.79 Å². The topological polar surface area (TPSA) is 73.2 Å². The number of nitrogens with one attached hydrogen (secondary N) is 1. The number of fused-ring (bicyclic) bond motifs is 1. The lowest BCUT2D eigenvalue weighted by Gasteiger charge is -2.20. The molecule has 27 heavy (non-hydrogen) atoms. The third-order valence-electron chi connectivity index (χ3n) is 5.05. The lowest BCUT2D eigenvalue weighted by atomic mass is 10.1. The standard InChI is InChI=1S/C20H21N3O3S/c1-23-15-8-11-27-17(15)12-16(23)20(25)26-18(13-6-9-21-10-7-13)19(24)22-14-4-2-3-5-14/h6-12,14,18H,2-5H2,1H3,(H,22,24)/t18-/m1/s1. The van der Waals surface area contributed by atoms with Crippen molar-refractivity contribution < 1.29 is 14.3 Å². The highest BCUT2D eigenvalue weighted by molar-refractivity contribution is 7.17.